The van der Waals surface area contributed by atoms with Crippen molar-refractivity contribution in [2.24, 2.45) is 29.1 Å². The molecule has 10 atom stereocenters. The van der Waals surface area contributed by atoms with Gasteiger partial charge in [-0.15, -0.1) is 0 Å². The number of ether oxygens (including phenoxy) is 4. The Hall–Kier alpha value is -3.83. The zero-order valence-corrected chi connectivity index (χ0v) is 25.8. The van der Waals surface area contributed by atoms with Crippen molar-refractivity contribution in [2.45, 2.75) is 77.5 Å². The van der Waals surface area contributed by atoms with E-state index >= 15 is 4.79 Å². The van der Waals surface area contributed by atoms with Crippen molar-refractivity contribution in [3.05, 3.63) is 60.2 Å². The lowest BCUT2D eigenvalue weighted by Gasteiger charge is -2.55. The molecule has 0 bridgehead atoms. The van der Waals surface area contributed by atoms with Gasteiger partial charge in [0.1, 0.15) is 12.2 Å². The minimum Gasteiger partial charge on any atom is -0.462 e. The summed E-state index contributed by atoms with van der Waals surface area (Å²) in [6.07, 6.45) is -1.57. The Kier molecular flexibility index (Phi) is 8.97. The molecule has 3 aliphatic carbocycles. The van der Waals surface area contributed by atoms with Crippen LogP contribution in [0.4, 0.5) is 0 Å². The molecule has 1 aromatic rings. The fraction of sp³-hybridized carbons (Fsp3) is 0.545. The first-order valence-electron chi connectivity index (χ1n) is 14.6. The van der Waals surface area contributed by atoms with Gasteiger partial charge in [-0.05, 0) is 31.9 Å². The molecule has 0 unspecified atom stereocenters. The minimum absolute atomic E-state index is 0.126. The van der Waals surface area contributed by atoms with Crippen LogP contribution in [0.5, 0.6) is 0 Å². The molecular formula is C33H40O11. The lowest BCUT2D eigenvalue weighted by molar-refractivity contribution is -0.207. The van der Waals surface area contributed by atoms with Crippen LogP contribution >= 0.6 is 0 Å². The quantitative estimate of drug-likeness (QED) is 0.264. The molecule has 4 rings (SSSR count). The van der Waals surface area contributed by atoms with Crippen molar-refractivity contribution in [1.29, 1.82) is 0 Å². The van der Waals surface area contributed by atoms with Gasteiger partial charge in [0.25, 0.3) is 0 Å². The number of hydrogen-bond donors (Lipinski definition) is 2. The summed E-state index contributed by atoms with van der Waals surface area (Å²) in [7, 11) is 0. The van der Waals surface area contributed by atoms with Crippen LogP contribution in [0.3, 0.4) is 0 Å². The van der Waals surface area contributed by atoms with E-state index in [4.69, 9.17) is 18.9 Å². The predicted octanol–water partition coefficient (Wildman–Crippen LogP) is 2.72. The highest BCUT2D eigenvalue weighted by molar-refractivity contribution is 5.99. The van der Waals surface area contributed by atoms with Crippen LogP contribution in [0.1, 0.15) is 58.3 Å². The molecule has 1 aromatic carbocycles. The Morgan fingerprint density at radius 1 is 0.955 bits per heavy atom. The second-order valence-corrected chi connectivity index (χ2v) is 12.4. The van der Waals surface area contributed by atoms with E-state index in [1.807, 2.05) is 0 Å². The van der Waals surface area contributed by atoms with E-state index in [0.717, 1.165) is 13.8 Å². The molecule has 0 spiro atoms. The molecule has 44 heavy (non-hydrogen) atoms. The fourth-order valence-electron chi connectivity index (χ4n) is 8.01. The van der Waals surface area contributed by atoms with E-state index in [0.29, 0.717) is 5.57 Å². The molecular weight excluding hydrogens is 572 g/mol. The van der Waals surface area contributed by atoms with E-state index in [2.05, 4.69) is 6.58 Å². The highest BCUT2D eigenvalue weighted by atomic mass is 16.6. The zero-order valence-electron chi connectivity index (χ0n) is 25.8. The number of fused-ring (bicyclic) bond motifs is 2. The summed E-state index contributed by atoms with van der Waals surface area (Å²) in [6, 6.07) is 7.94. The average molecular weight is 613 g/mol. The predicted molar refractivity (Wildman–Crippen MR) is 155 cm³/mol. The van der Waals surface area contributed by atoms with Crippen molar-refractivity contribution in [3.8, 4) is 0 Å². The molecule has 0 heterocycles. The van der Waals surface area contributed by atoms with Gasteiger partial charge in [0.05, 0.1) is 29.6 Å². The Morgan fingerprint density at radius 3 is 2.09 bits per heavy atom. The van der Waals surface area contributed by atoms with Gasteiger partial charge in [0.2, 0.25) is 5.78 Å². The van der Waals surface area contributed by atoms with Crippen LogP contribution in [0.25, 0.3) is 0 Å². The Morgan fingerprint density at radius 2 is 1.57 bits per heavy atom. The number of Topliss-reactive ketones (excluding diaryl/α,β-unsaturated/α-hetero) is 1. The maximum absolute atomic E-state index is 15.2. The number of aliphatic hydroxyl groups is 2. The fourth-order valence-corrected chi connectivity index (χ4v) is 8.01. The summed E-state index contributed by atoms with van der Waals surface area (Å²) >= 11 is 0. The maximum Gasteiger partial charge on any atom is 0.338 e. The Balaban J connectivity index is 2.16. The summed E-state index contributed by atoms with van der Waals surface area (Å²) < 4.78 is 23.8. The van der Waals surface area contributed by atoms with Crippen LogP contribution in [-0.4, -0.2) is 76.0 Å². The third-order valence-corrected chi connectivity index (χ3v) is 9.42. The third-order valence-electron chi connectivity index (χ3n) is 9.42. The van der Waals surface area contributed by atoms with Crippen molar-refractivity contribution in [3.63, 3.8) is 0 Å². The monoisotopic (exact) mass is 612 g/mol. The van der Waals surface area contributed by atoms with Crippen LogP contribution in [-0.2, 0) is 38.1 Å². The first-order valence-corrected chi connectivity index (χ1v) is 14.6. The smallest absolute Gasteiger partial charge is 0.338 e. The first kappa shape index (κ1) is 33.1. The SMILES string of the molecule is C=C(C)[C@H]1C=C[C@@H](O)[C@@]2(CO)[C@H](OC(=O)c3ccccc3)[C@H]3[C@@H](OC(C)=O)[C@@H](C)C[C@]3(OC(C)=O)C(=O)[C@@](C)(OC(C)=O)[C@H]12. The number of carbonyl (C=O) groups is 5. The topological polar surface area (TPSA) is 163 Å². The molecule has 0 aliphatic heterocycles. The van der Waals surface area contributed by atoms with Crippen molar-refractivity contribution in [2.75, 3.05) is 6.61 Å². The summed E-state index contributed by atoms with van der Waals surface area (Å²) in [5.41, 5.74) is -5.68. The average Bonchev–Trinajstić information content (AvgIpc) is 3.18. The number of hydrogen-bond acceptors (Lipinski definition) is 11. The summed E-state index contributed by atoms with van der Waals surface area (Å²) in [5.74, 6) is -8.30. The molecule has 0 amide bonds. The standard InChI is InChI=1S/C33H40O11/c1-17(2)23-13-14-24(38)32(16-34)27(23)31(7,43-20(5)36)30(40)33(44-21(6)37)15-18(3)26(41-19(4)35)25(33)28(32)42-29(39)22-11-9-8-10-12-22/h8-14,18,23-28,34,38H,1,15-16H2,2-7H3/t18-,23+,24+,25+,26-,27-,28+,31-,32+,33+/m0/s1. The Labute approximate surface area is 256 Å². The molecule has 0 aromatic heterocycles. The van der Waals surface area contributed by atoms with E-state index in [1.54, 1.807) is 38.1 Å². The van der Waals surface area contributed by atoms with Gasteiger partial charge in [0, 0.05) is 39.0 Å². The van der Waals surface area contributed by atoms with Crippen LogP contribution < -0.4 is 0 Å². The molecule has 2 fully saturated rings. The summed E-state index contributed by atoms with van der Waals surface area (Å²) in [5, 5.41) is 23.3. The van der Waals surface area contributed by atoms with E-state index in [-0.39, 0.29) is 12.0 Å². The maximum atomic E-state index is 15.2. The summed E-state index contributed by atoms with van der Waals surface area (Å²) in [6.45, 7) is 11.3. The molecule has 2 saturated carbocycles. The Bertz CT molecular complexity index is 1380. The lowest BCUT2D eigenvalue weighted by atomic mass is 9.53. The molecule has 238 valence electrons. The van der Waals surface area contributed by atoms with Crippen molar-refractivity contribution >= 4 is 29.7 Å². The van der Waals surface area contributed by atoms with Crippen LogP contribution in [0, 0.1) is 29.1 Å². The second-order valence-electron chi connectivity index (χ2n) is 12.4. The van der Waals surface area contributed by atoms with Crippen molar-refractivity contribution in [1.82, 2.24) is 0 Å². The lowest BCUT2D eigenvalue weighted by Crippen LogP contribution is -2.65. The largest absolute Gasteiger partial charge is 0.462 e. The number of ketones is 1. The summed E-state index contributed by atoms with van der Waals surface area (Å²) in [4.78, 5) is 67.0. The van der Waals surface area contributed by atoms with Crippen LogP contribution in [0.2, 0.25) is 0 Å². The second kappa shape index (κ2) is 11.9. The van der Waals surface area contributed by atoms with Gasteiger partial charge in [-0.1, -0.05) is 49.4 Å². The van der Waals surface area contributed by atoms with E-state index in [9.17, 15) is 29.4 Å². The highest BCUT2D eigenvalue weighted by Crippen LogP contribution is 2.63. The number of aliphatic hydroxyl groups excluding tert-OH is 2. The number of esters is 4. The third kappa shape index (κ3) is 5.15. The zero-order chi connectivity index (χ0) is 32.8. The molecule has 0 saturated heterocycles. The molecule has 11 heteroatoms. The van der Waals surface area contributed by atoms with Gasteiger partial charge < -0.3 is 29.2 Å². The molecule has 2 N–H and O–H groups in total. The number of allylic oxidation sites excluding steroid dienone is 2. The highest BCUT2D eigenvalue weighted by Gasteiger charge is 2.78. The van der Waals surface area contributed by atoms with Gasteiger partial charge in [0.15, 0.2) is 11.2 Å². The van der Waals surface area contributed by atoms with Gasteiger partial charge in [-0.25, -0.2) is 4.79 Å². The first-order chi connectivity index (χ1) is 20.6. The van der Waals surface area contributed by atoms with Gasteiger partial charge in [-0.3, -0.25) is 19.2 Å². The number of rotatable bonds is 7. The molecule has 3 aliphatic rings. The minimum atomic E-state index is -2.17. The number of carbonyl (C=O) groups excluding carboxylic acids is 5. The molecule has 11 nitrogen and oxygen atoms in total. The molecule has 0 radical (unpaired) electrons. The van der Waals surface area contributed by atoms with Gasteiger partial charge >= 0.3 is 23.9 Å². The number of benzene rings is 1. The normalized spacial score (nSPS) is 37.5. The van der Waals surface area contributed by atoms with Gasteiger partial charge in [-0.2, -0.15) is 0 Å². The van der Waals surface area contributed by atoms with Crippen LogP contribution in [0.15, 0.2) is 54.6 Å². The van der Waals surface area contributed by atoms with E-state index in [1.165, 1.54) is 32.1 Å². The van der Waals surface area contributed by atoms with E-state index < -0.39 is 94.9 Å². The van der Waals surface area contributed by atoms with Crippen molar-refractivity contribution < 1.29 is 53.1 Å².